The van der Waals surface area contributed by atoms with Crippen molar-refractivity contribution < 1.29 is 14.6 Å². The van der Waals surface area contributed by atoms with E-state index in [4.69, 9.17) is 4.74 Å². The SMILES string of the molecule is CCOC(=O)C1=C(C)N=c2s/c(=C/c3ccccc3)c(=O)n2[C@@H]1c1ccc(O)cc1. The van der Waals surface area contributed by atoms with E-state index >= 15 is 0 Å². The smallest absolute Gasteiger partial charge is 0.338 e. The quantitative estimate of drug-likeness (QED) is 0.658. The number of phenols is 1. The molecule has 0 bridgehead atoms. The Hall–Kier alpha value is -3.45. The molecule has 1 aliphatic rings. The third-order valence-corrected chi connectivity index (χ3v) is 5.81. The molecule has 7 heteroatoms. The number of aromatic nitrogens is 1. The summed E-state index contributed by atoms with van der Waals surface area (Å²) in [7, 11) is 0. The number of hydrogen-bond donors (Lipinski definition) is 1. The summed E-state index contributed by atoms with van der Waals surface area (Å²) in [5, 5.41) is 9.69. The number of carbonyl (C=O) groups excluding carboxylic acids is 1. The Bertz CT molecular complexity index is 1300. The van der Waals surface area contributed by atoms with E-state index in [9.17, 15) is 14.7 Å². The number of rotatable bonds is 4. The lowest BCUT2D eigenvalue weighted by Gasteiger charge is -2.24. The summed E-state index contributed by atoms with van der Waals surface area (Å²) in [6.45, 7) is 3.70. The van der Waals surface area contributed by atoms with Gasteiger partial charge in [-0.1, -0.05) is 53.8 Å². The van der Waals surface area contributed by atoms with Gasteiger partial charge in [0.2, 0.25) is 0 Å². The fourth-order valence-corrected chi connectivity index (χ4v) is 4.51. The predicted molar refractivity (Wildman–Crippen MR) is 115 cm³/mol. The van der Waals surface area contributed by atoms with Gasteiger partial charge in [0, 0.05) is 0 Å². The molecule has 0 radical (unpaired) electrons. The minimum atomic E-state index is -0.682. The largest absolute Gasteiger partial charge is 0.508 e. The monoisotopic (exact) mass is 420 g/mol. The van der Waals surface area contributed by atoms with E-state index in [0.717, 1.165) is 5.56 Å². The molecule has 0 fully saturated rings. The first-order chi connectivity index (χ1) is 14.5. The van der Waals surface area contributed by atoms with Crippen LogP contribution in [-0.4, -0.2) is 22.2 Å². The highest BCUT2D eigenvalue weighted by atomic mass is 32.1. The van der Waals surface area contributed by atoms with E-state index in [1.165, 1.54) is 28.0 Å². The zero-order valence-electron chi connectivity index (χ0n) is 16.5. The standard InChI is InChI=1S/C23H20N2O4S/c1-3-29-22(28)19-14(2)24-23-25(20(19)16-9-11-17(26)12-10-16)21(27)18(30-23)13-15-7-5-4-6-8-15/h4-13,20,26H,3H2,1-2H3/b18-13+/t20-/m1/s1. The Morgan fingerprint density at radius 1 is 1.20 bits per heavy atom. The summed E-state index contributed by atoms with van der Waals surface area (Å²) in [6, 6.07) is 15.4. The first kappa shape index (κ1) is 19.8. The number of nitrogens with zero attached hydrogens (tertiary/aromatic N) is 2. The molecule has 3 aromatic rings. The molecule has 1 aromatic heterocycles. The van der Waals surface area contributed by atoms with Crippen molar-refractivity contribution in [1.82, 2.24) is 4.57 Å². The third kappa shape index (κ3) is 3.59. The molecule has 0 unspecified atom stereocenters. The molecule has 0 amide bonds. The summed E-state index contributed by atoms with van der Waals surface area (Å²) >= 11 is 1.28. The zero-order chi connectivity index (χ0) is 21.3. The van der Waals surface area contributed by atoms with Crippen LogP contribution in [0.25, 0.3) is 6.08 Å². The van der Waals surface area contributed by atoms with Crippen LogP contribution in [0.4, 0.5) is 0 Å². The molecule has 0 saturated heterocycles. The highest BCUT2D eigenvalue weighted by Gasteiger charge is 2.33. The Morgan fingerprint density at radius 2 is 1.90 bits per heavy atom. The van der Waals surface area contributed by atoms with E-state index in [2.05, 4.69) is 4.99 Å². The van der Waals surface area contributed by atoms with Gasteiger partial charge >= 0.3 is 5.97 Å². The molecular formula is C23H20N2O4S. The number of phenolic OH excluding ortho intramolecular Hbond substituents is 1. The van der Waals surface area contributed by atoms with Crippen LogP contribution in [0, 0.1) is 0 Å². The van der Waals surface area contributed by atoms with E-state index in [-0.39, 0.29) is 17.9 Å². The zero-order valence-corrected chi connectivity index (χ0v) is 17.3. The number of benzene rings is 2. The minimum Gasteiger partial charge on any atom is -0.508 e. The fraction of sp³-hybridized carbons (Fsp3) is 0.174. The summed E-state index contributed by atoms with van der Waals surface area (Å²) in [4.78, 5) is 31.2. The number of allylic oxidation sites excluding steroid dienone is 1. The van der Waals surface area contributed by atoms with Gasteiger partial charge < -0.3 is 9.84 Å². The van der Waals surface area contributed by atoms with Crippen molar-refractivity contribution in [2.75, 3.05) is 6.61 Å². The average molecular weight is 420 g/mol. The van der Waals surface area contributed by atoms with Crippen LogP contribution in [0.1, 0.15) is 31.0 Å². The molecule has 2 heterocycles. The number of ether oxygens (including phenoxy) is 1. The lowest BCUT2D eigenvalue weighted by Crippen LogP contribution is -2.39. The number of fused-ring (bicyclic) bond motifs is 1. The Labute approximate surface area is 176 Å². The second kappa shape index (κ2) is 8.12. The average Bonchev–Trinajstić information content (AvgIpc) is 3.03. The predicted octanol–water partition coefficient (Wildman–Crippen LogP) is 2.50. The highest BCUT2D eigenvalue weighted by molar-refractivity contribution is 7.07. The van der Waals surface area contributed by atoms with E-state index in [1.807, 2.05) is 36.4 Å². The molecule has 30 heavy (non-hydrogen) atoms. The number of hydrogen-bond acceptors (Lipinski definition) is 6. The van der Waals surface area contributed by atoms with Crippen molar-refractivity contribution in [3.05, 3.63) is 96.7 Å². The minimum absolute atomic E-state index is 0.105. The van der Waals surface area contributed by atoms with Crippen molar-refractivity contribution in [3.8, 4) is 5.75 Å². The lowest BCUT2D eigenvalue weighted by atomic mass is 9.96. The molecule has 0 aliphatic carbocycles. The van der Waals surface area contributed by atoms with Crippen LogP contribution >= 0.6 is 11.3 Å². The molecule has 1 N–H and O–H groups in total. The third-order valence-electron chi connectivity index (χ3n) is 4.82. The summed E-state index contributed by atoms with van der Waals surface area (Å²) < 4.78 is 7.32. The van der Waals surface area contributed by atoms with Gasteiger partial charge in [0.15, 0.2) is 4.80 Å². The topological polar surface area (TPSA) is 80.9 Å². The Balaban J connectivity index is 1.96. The van der Waals surface area contributed by atoms with E-state index < -0.39 is 12.0 Å². The molecule has 1 aliphatic heterocycles. The molecule has 1 atom stereocenters. The van der Waals surface area contributed by atoms with Gasteiger partial charge in [-0.2, -0.15) is 0 Å². The van der Waals surface area contributed by atoms with Crippen molar-refractivity contribution in [2.24, 2.45) is 4.99 Å². The number of carbonyl (C=O) groups is 1. The fourth-order valence-electron chi connectivity index (χ4n) is 3.46. The normalized spacial score (nSPS) is 16.2. The van der Waals surface area contributed by atoms with Crippen molar-refractivity contribution in [2.45, 2.75) is 19.9 Å². The van der Waals surface area contributed by atoms with Crippen LogP contribution in [0.5, 0.6) is 5.75 Å². The van der Waals surface area contributed by atoms with Crippen molar-refractivity contribution >= 4 is 23.4 Å². The highest BCUT2D eigenvalue weighted by Crippen LogP contribution is 2.31. The Morgan fingerprint density at radius 3 is 2.57 bits per heavy atom. The lowest BCUT2D eigenvalue weighted by molar-refractivity contribution is -0.139. The summed E-state index contributed by atoms with van der Waals surface area (Å²) in [5.74, 6) is -0.400. The van der Waals surface area contributed by atoms with Crippen LogP contribution < -0.4 is 14.9 Å². The summed E-state index contributed by atoms with van der Waals surface area (Å²) in [6.07, 6.45) is 1.82. The molecule has 0 spiro atoms. The van der Waals surface area contributed by atoms with Gasteiger partial charge in [0.25, 0.3) is 5.56 Å². The first-order valence-corrected chi connectivity index (χ1v) is 10.3. The molecule has 2 aromatic carbocycles. The number of aromatic hydroxyl groups is 1. The van der Waals surface area contributed by atoms with Gasteiger partial charge in [0.1, 0.15) is 5.75 Å². The van der Waals surface area contributed by atoms with Crippen LogP contribution in [0.3, 0.4) is 0 Å². The van der Waals surface area contributed by atoms with Crippen LogP contribution in [0.2, 0.25) is 0 Å². The molecular weight excluding hydrogens is 400 g/mol. The first-order valence-electron chi connectivity index (χ1n) is 9.53. The number of esters is 1. The second-order valence-electron chi connectivity index (χ2n) is 6.80. The molecule has 0 saturated carbocycles. The van der Waals surface area contributed by atoms with E-state index in [1.54, 1.807) is 26.0 Å². The van der Waals surface area contributed by atoms with Crippen molar-refractivity contribution in [3.63, 3.8) is 0 Å². The van der Waals surface area contributed by atoms with Crippen LogP contribution in [-0.2, 0) is 9.53 Å². The molecule has 6 nitrogen and oxygen atoms in total. The van der Waals surface area contributed by atoms with Crippen LogP contribution in [0.15, 0.2) is 75.7 Å². The maximum Gasteiger partial charge on any atom is 0.338 e. The van der Waals surface area contributed by atoms with Gasteiger partial charge in [-0.05, 0) is 43.2 Å². The number of thiazole rings is 1. The van der Waals surface area contributed by atoms with Gasteiger partial charge in [-0.25, -0.2) is 9.79 Å². The van der Waals surface area contributed by atoms with Crippen molar-refractivity contribution in [1.29, 1.82) is 0 Å². The van der Waals surface area contributed by atoms with Gasteiger partial charge in [-0.3, -0.25) is 9.36 Å². The maximum absolute atomic E-state index is 13.4. The maximum atomic E-state index is 13.4. The van der Waals surface area contributed by atoms with Gasteiger partial charge in [-0.15, -0.1) is 0 Å². The molecule has 152 valence electrons. The second-order valence-corrected chi connectivity index (χ2v) is 7.81. The summed E-state index contributed by atoms with van der Waals surface area (Å²) in [5.41, 5.74) is 2.21. The molecule has 4 rings (SSSR count). The van der Waals surface area contributed by atoms with Gasteiger partial charge in [0.05, 0.1) is 28.5 Å². The Kier molecular flexibility index (Phi) is 5.37. The van der Waals surface area contributed by atoms with E-state index in [0.29, 0.717) is 26.2 Å².